The summed E-state index contributed by atoms with van der Waals surface area (Å²) in [5, 5.41) is 7.79. The number of ether oxygens (including phenoxy) is 2. The lowest BCUT2D eigenvalue weighted by Crippen LogP contribution is -2.56. The van der Waals surface area contributed by atoms with Gasteiger partial charge < -0.3 is 14.8 Å². The van der Waals surface area contributed by atoms with E-state index >= 15 is 0 Å². The van der Waals surface area contributed by atoms with Gasteiger partial charge in [-0.25, -0.2) is 0 Å². The maximum absolute atomic E-state index is 5.59. The first-order chi connectivity index (χ1) is 8.28. The van der Waals surface area contributed by atoms with Gasteiger partial charge in [-0.05, 0) is 20.3 Å². The van der Waals surface area contributed by atoms with Crippen molar-refractivity contribution in [3.8, 4) is 0 Å². The summed E-state index contributed by atoms with van der Waals surface area (Å²) in [6.45, 7) is 5.71. The van der Waals surface area contributed by atoms with Gasteiger partial charge in [0.25, 0.3) is 0 Å². The van der Waals surface area contributed by atoms with E-state index in [0.717, 1.165) is 25.4 Å². The molecule has 1 aromatic rings. The molecule has 1 fully saturated rings. The number of aryl methyl sites for hydroxylation is 1. The Hall–Kier alpha value is -1.07. The number of hydrogen-bond donors (Lipinski definition) is 1. The molecule has 0 spiro atoms. The summed E-state index contributed by atoms with van der Waals surface area (Å²) in [5.74, 6) is 0.911. The normalized spacial score (nSPS) is 27.8. The van der Waals surface area contributed by atoms with Gasteiger partial charge in [0.15, 0.2) is 0 Å². The van der Waals surface area contributed by atoms with Crippen LogP contribution in [0.25, 0.3) is 0 Å². The number of hydrogen-bond acceptors (Lipinski definition) is 4. The Balaban J connectivity index is 1.87. The highest BCUT2D eigenvalue weighted by Gasteiger charge is 2.42. The Labute approximate surface area is 102 Å². The van der Waals surface area contributed by atoms with Crippen LogP contribution in [-0.4, -0.2) is 41.7 Å². The Morgan fingerprint density at radius 3 is 2.94 bits per heavy atom. The number of rotatable bonds is 6. The molecule has 1 aliphatic rings. The van der Waals surface area contributed by atoms with Crippen molar-refractivity contribution >= 4 is 5.82 Å². The van der Waals surface area contributed by atoms with Gasteiger partial charge in [0.05, 0.1) is 12.1 Å². The third-order valence-electron chi connectivity index (χ3n) is 3.20. The smallest absolute Gasteiger partial charge is 0.148 e. The number of methoxy groups -OCH3 is 1. The van der Waals surface area contributed by atoms with Gasteiger partial charge in [0, 0.05) is 32.5 Å². The van der Waals surface area contributed by atoms with E-state index in [4.69, 9.17) is 9.47 Å². The van der Waals surface area contributed by atoms with Crippen molar-refractivity contribution in [3.63, 3.8) is 0 Å². The average Bonchev–Trinajstić information content (AvgIpc) is 2.76. The molecule has 0 amide bonds. The monoisotopic (exact) mass is 239 g/mol. The summed E-state index contributed by atoms with van der Waals surface area (Å²) in [5.41, 5.74) is 0. The minimum Gasteiger partial charge on any atom is -0.377 e. The summed E-state index contributed by atoms with van der Waals surface area (Å²) < 4.78 is 12.9. The molecule has 3 unspecified atom stereocenters. The fraction of sp³-hybridized carbons (Fsp3) is 0.750. The van der Waals surface area contributed by atoms with Crippen molar-refractivity contribution in [1.29, 1.82) is 0 Å². The van der Waals surface area contributed by atoms with Crippen LogP contribution in [0.15, 0.2) is 12.3 Å². The molecular weight excluding hydrogens is 218 g/mol. The first-order valence-corrected chi connectivity index (χ1v) is 6.22. The van der Waals surface area contributed by atoms with Gasteiger partial charge in [-0.1, -0.05) is 0 Å². The van der Waals surface area contributed by atoms with Gasteiger partial charge in [-0.2, -0.15) is 5.10 Å². The van der Waals surface area contributed by atoms with E-state index in [-0.39, 0.29) is 12.2 Å². The third kappa shape index (κ3) is 2.61. The first-order valence-electron chi connectivity index (χ1n) is 6.22. The fourth-order valence-corrected chi connectivity index (χ4v) is 2.22. The molecule has 17 heavy (non-hydrogen) atoms. The van der Waals surface area contributed by atoms with Gasteiger partial charge in [0.2, 0.25) is 0 Å². The van der Waals surface area contributed by atoms with Crippen molar-refractivity contribution in [2.45, 2.75) is 45.1 Å². The van der Waals surface area contributed by atoms with E-state index in [1.165, 1.54) is 0 Å². The van der Waals surface area contributed by atoms with E-state index in [0.29, 0.717) is 6.04 Å². The second kappa shape index (κ2) is 5.51. The molecule has 2 rings (SSSR count). The van der Waals surface area contributed by atoms with Gasteiger partial charge in [-0.3, -0.25) is 4.68 Å². The Kier molecular flexibility index (Phi) is 4.02. The summed E-state index contributed by atoms with van der Waals surface area (Å²) in [4.78, 5) is 0. The Morgan fingerprint density at radius 2 is 2.35 bits per heavy atom. The van der Waals surface area contributed by atoms with Crippen LogP contribution in [0.3, 0.4) is 0 Å². The molecule has 5 heteroatoms. The lowest BCUT2D eigenvalue weighted by molar-refractivity contribution is -0.118. The second-order valence-corrected chi connectivity index (χ2v) is 4.24. The molecule has 0 aromatic carbocycles. The molecule has 0 radical (unpaired) electrons. The van der Waals surface area contributed by atoms with Crippen LogP contribution in [0.5, 0.6) is 0 Å². The van der Waals surface area contributed by atoms with Gasteiger partial charge in [0.1, 0.15) is 11.9 Å². The zero-order valence-corrected chi connectivity index (χ0v) is 10.7. The van der Waals surface area contributed by atoms with Crippen LogP contribution in [0, 0.1) is 0 Å². The molecule has 1 heterocycles. The molecule has 0 aliphatic heterocycles. The Bertz CT molecular complexity index is 353. The zero-order valence-electron chi connectivity index (χ0n) is 10.7. The van der Waals surface area contributed by atoms with Crippen molar-refractivity contribution in [1.82, 2.24) is 9.78 Å². The quantitative estimate of drug-likeness (QED) is 0.817. The third-order valence-corrected chi connectivity index (χ3v) is 3.20. The van der Waals surface area contributed by atoms with E-state index in [9.17, 15) is 0 Å². The molecule has 3 atom stereocenters. The van der Waals surface area contributed by atoms with E-state index in [1.54, 1.807) is 7.11 Å². The highest BCUT2D eigenvalue weighted by molar-refractivity contribution is 5.35. The summed E-state index contributed by atoms with van der Waals surface area (Å²) in [6, 6.07) is 2.29. The maximum Gasteiger partial charge on any atom is 0.148 e. The summed E-state index contributed by atoms with van der Waals surface area (Å²) in [6.07, 6.45) is 3.30. The lowest BCUT2D eigenvalue weighted by Gasteiger charge is -2.43. The fourth-order valence-electron chi connectivity index (χ4n) is 2.22. The molecule has 96 valence electrons. The van der Waals surface area contributed by atoms with Crippen LogP contribution in [0.2, 0.25) is 0 Å². The van der Waals surface area contributed by atoms with Gasteiger partial charge in [-0.15, -0.1) is 0 Å². The number of nitrogens with zero attached hydrogens (tertiary/aromatic N) is 2. The predicted octanol–water partition coefficient (Wildman–Crippen LogP) is 1.51. The molecule has 1 N–H and O–H groups in total. The minimum atomic E-state index is 0.127. The molecule has 1 aliphatic carbocycles. The minimum absolute atomic E-state index is 0.127. The second-order valence-electron chi connectivity index (χ2n) is 4.24. The average molecular weight is 239 g/mol. The molecule has 1 aromatic heterocycles. The number of aromatic nitrogens is 2. The van der Waals surface area contributed by atoms with Crippen molar-refractivity contribution in [2.75, 3.05) is 19.0 Å². The largest absolute Gasteiger partial charge is 0.377 e. The van der Waals surface area contributed by atoms with Crippen LogP contribution in [0.1, 0.15) is 20.3 Å². The van der Waals surface area contributed by atoms with Crippen LogP contribution in [0.4, 0.5) is 5.82 Å². The summed E-state index contributed by atoms with van der Waals surface area (Å²) >= 11 is 0. The van der Waals surface area contributed by atoms with Crippen molar-refractivity contribution in [2.24, 2.45) is 0 Å². The molecule has 1 saturated carbocycles. The molecule has 5 nitrogen and oxygen atoms in total. The standard InChI is InChI=1S/C12H21N3O2/c1-4-15-7-6-11(14-15)13-9-8-10(17-5-2)12(9)16-3/h6-7,9-10,12H,4-5,8H2,1-3H3,(H,13,14). The van der Waals surface area contributed by atoms with E-state index in [2.05, 4.69) is 17.3 Å². The highest BCUT2D eigenvalue weighted by Crippen LogP contribution is 2.29. The van der Waals surface area contributed by atoms with Crippen molar-refractivity contribution in [3.05, 3.63) is 12.3 Å². The Morgan fingerprint density at radius 1 is 1.53 bits per heavy atom. The van der Waals surface area contributed by atoms with Gasteiger partial charge >= 0.3 is 0 Å². The summed E-state index contributed by atoms with van der Waals surface area (Å²) in [7, 11) is 1.73. The van der Waals surface area contributed by atoms with Crippen LogP contribution in [-0.2, 0) is 16.0 Å². The SMILES string of the molecule is CCOC1CC(Nc2ccn(CC)n2)C1OC. The van der Waals surface area contributed by atoms with Crippen LogP contribution >= 0.6 is 0 Å². The number of nitrogens with one attached hydrogen (secondary N) is 1. The molecule has 0 bridgehead atoms. The van der Waals surface area contributed by atoms with Crippen molar-refractivity contribution < 1.29 is 9.47 Å². The highest BCUT2D eigenvalue weighted by atomic mass is 16.5. The zero-order chi connectivity index (χ0) is 12.3. The van der Waals surface area contributed by atoms with Crippen LogP contribution < -0.4 is 5.32 Å². The lowest BCUT2D eigenvalue weighted by atomic mass is 9.85. The predicted molar refractivity (Wildman–Crippen MR) is 66.1 cm³/mol. The number of anilines is 1. The van der Waals surface area contributed by atoms with E-state index < -0.39 is 0 Å². The molecule has 0 saturated heterocycles. The topological polar surface area (TPSA) is 48.3 Å². The molecular formula is C12H21N3O2. The van der Waals surface area contributed by atoms with E-state index in [1.807, 2.05) is 23.9 Å². The maximum atomic E-state index is 5.59. The first kappa shape index (κ1) is 12.4.